The second kappa shape index (κ2) is 3.44. The van der Waals surface area contributed by atoms with Crippen LogP contribution < -0.4 is 4.90 Å². The van der Waals surface area contributed by atoms with Gasteiger partial charge in [0.1, 0.15) is 11.5 Å². The van der Waals surface area contributed by atoms with Gasteiger partial charge in [0.05, 0.1) is 12.4 Å². The Morgan fingerprint density at radius 2 is 2.08 bits per heavy atom. The lowest BCUT2D eigenvalue weighted by Gasteiger charge is -2.15. The van der Waals surface area contributed by atoms with Crippen LogP contribution in [0.15, 0.2) is 12.4 Å². The highest BCUT2D eigenvalue weighted by molar-refractivity contribution is 5.39. The van der Waals surface area contributed by atoms with E-state index >= 15 is 0 Å². The molecule has 0 aliphatic carbocycles. The fourth-order valence-corrected chi connectivity index (χ4v) is 1.52. The van der Waals surface area contributed by atoms with Crippen LogP contribution in [-0.2, 0) is 0 Å². The lowest BCUT2D eigenvalue weighted by atomic mass is 10.4. The van der Waals surface area contributed by atoms with Crippen LogP contribution >= 0.6 is 0 Å². The van der Waals surface area contributed by atoms with Gasteiger partial charge in [0, 0.05) is 13.1 Å². The van der Waals surface area contributed by atoms with Crippen LogP contribution in [0.25, 0.3) is 0 Å². The van der Waals surface area contributed by atoms with Gasteiger partial charge in [0.2, 0.25) is 0 Å². The summed E-state index contributed by atoms with van der Waals surface area (Å²) >= 11 is 0. The van der Waals surface area contributed by atoms with Crippen molar-refractivity contribution in [1.82, 2.24) is 9.97 Å². The minimum Gasteiger partial charge on any atom is -0.355 e. The Bertz CT molecular complexity index is 334. The summed E-state index contributed by atoms with van der Waals surface area (Å²) < 4.78 is 0. The summed E-state index contributed by atoms with van der Waals surface area (Å²) in [6, 6.07) is 0. The summed E-state index contributed by atoms with van der Waals surface area (Å²) in [7, 11) is 0. The number of hydrogen-bond donors (Lipinski definition) is 0. The van der Waals surface area contributed by atoms with Gasteiger partial charge in [-0.05, 0) is 18.8 Å². The average Bonchev–Trinajstić information content (AvgIpc) is 2.71. The molecule has 1 saturated heterocycles. The first kappa shape index (κ1) is 8.06. The van der Waals surface area contributed by atoms with Crippen LogP contribution in [0.3, 0.4) is 0 Å². The highest BCUT2D eigenvalue weighted by atomic mass is 15.2. The van der Waals surface area contributed by atoms with Crippen molar-refractivity contribution >= 4 is 5.82 Å². The molecule has 0 unspecified atom stereocenters. The molecular formula is C10H11N3. The molecule has 66 valence electrons. The maximum absolute atomic E-state index is 5.25. The van der Waals surface area contributed by atoms with Gasteiger partial charge in [0.15, 0.2) is 0 Å². The first-order valence-electron chi connectivity index (χ1n) is 4.44. The van der Waals surface area contributed by atoms with Gasteiger partial charge in [-0.3, -0.25) is 4.98 Å². The Kier molecular flexibility index (Phi) is 2.13. The van der Waals surface area contributed by atoms with Gasteiger partial charge in [-0.1, -0.05) is 0 Å². The van der Waals surface area contributed by atoms with Crippen molar-refractivity contribution in [2.45, 2.75) is 12.8 Å². The normalized spacial score (nSPS) is 15.8. The summed E-state index contributed by atoms with van der Waals surface area (Å²) in [5.41, 5.74) is 0.615. The van der Waals surface area contributed by atoms with E-state index in [0.717, 1.165) is 18.9 Å². The van der Waals surface area contributed by atoms with E-state index in [1.54, 1.807) is 12.4 Å². The van der Waals surface area contributed by atoms with Crippen LogP contribution in [0.5, 0.6) is 0 Å². The summed E-state index contributed by atoms with van der Waals surface area (Å²) in [5, 5.41) is 0. The summed E-state index contributed by atoms with van der Waals surface area (Å²) in [5.74, 6) is 3.40. The van der Waals surface area contributed by atoms with Crippen LogP contribution in [0.1, 0.15) is 18.5 Å². The Morgan fingerprint density at radius 1 is 1.31 bits per heavy atom. The standard InChI is InChI=1S/C10H11N3/c1-2-9-7-11-8-10(12-9)13-5-3-4-6-13/h1,7-8H,3-6H2. The lowest BCUT2D eigenvalue weighted by molar-refractivity contribution is 0.923. The van der Waals surface area contributed by atoms with Gasteiger partial charge in [0.25, 0.3) is 0 Å². The van der Waals surface area contributed by atoms with E-state index in [-0.39, 0.29) is 0 Å². The summed E-state index contributed by atoms with van der Waals surface area (Å²) in [6.07, 6.45) is 11.1. The molecule has 0 radical (unpaired) electrons. The third kappa shape index (κ3) is 1.62. The number of terminal acetylenes is 1. The molecule has 3 heteroatoms. The second-order valence-corrected chi connectivity index (χ2v) is 3.10. The topological polar surface area (TPSA) is 29.0 Å². The van der Waals surface area contributed by atoms with Gasteiger partial charge in [-0.2, -0.15) is 0 Å². The quantitative estimate of drug-likeness (QED) is 0.594. The van der Waals surface area contributed by atoms with Crippen molar-refractivity contribution in [3.8, 4) is 12.3 Å². The number of nitrogens with zero attached hydrogens (tertiary/aromatic N) is 3. The number of anilines is 1. The van der Waals surface area contributed by atoms with Gasteiger partial charge in [-0.15, -0.1) is 6.42 Å². The average molecular weight is 173 g/mol. The van der Waals surface area contributed by atoms with E-state index in [4.69, 9.17) is 6.42 Å². The predicted octanol–water partition coefficient (Wildman–Crippen LogP) is 1.06. The first-order chi connectivity index (χ1) is 6.40. The summed E-state index contributed by atoms with van der Waals surface area (Å²) in [6.45, 7) is 2.14. The maximum Gasteiger partial charge on any atom is 0.148 e. The van der Waals surface area contributed by atoms with Gasteiger partial charge in [-0.25, -0.2) is 4.98 Å². The van der Waals surface area contributed by atoms with Gasteiger partial charge < -0.3 is 4.90 Å². The van der Waals surface area contributed by atoms with Crippen LogP contribution in [-0.4, -0.2) is 23.1 Å². The lowest BCUT2D eigenvalue weighted by Crippen LogP contribution is -2.19. The zero-order chi connectivity index (χ0) is 9.10. The minimum atomic E-state index is 0.615. The Balaban J connectivity index is 2.25. The molecule has 0 N–H and O–H groups in total. The molecule has 0 aromatic carbocycles. The molecule has 1 aliphatic rings. The molecule has 1 aliphatic heterocycles. The highest BCUT2D eigenvalue weighted by Gasteiger charge is 2.13. The molecule has 1 aromatic heterocycles. The van der Waals surface area contributed by atoms with Crippen molar-refractivity contribution in [2.24, 2.45) is 0 Å². The number of rotatable bonds is 1. The van der Waals surface area contributed by atoms with E-state index in [2.05, 4.69) is 20.8 Å². The van der Waals surface area contributed by atoms with Crippen molar-refractivity contribution in [3.05, 3.63) is 18.1 Å². The largest absolute Gasteiger partial charge is 0.355 e. The van der Waals surface area contributed by atoms with Crippen LogP contribution in [0, 0.1) is 12.3 Å². The zero-order valence-corrected chi connectivity index (χ0v) is 7.40. The number of aromatic nitrogens is 2. The Hall–Kier alpha value is -1.56. The fraction of sp³-hybridized carbons (Fsp3) is 0.400. The smallest absolute Gasteiger partial charge is 0.148 e. The molecule has 1 fully saturated rings. The van der Waals surface area contributed by atoms with Crippen molar-refractivity contribution < 1.29 is 0 Å². The first-order valence-corrected chi connectivity index (χ1v) is 4.44. The zero-order valence-electron chi connectivity index (χ0n) is 7.40. The van der Waals surface area contributed by atoms with Crippen molar-refractivity contribution in [3.63, 3.8) is 0 Å². The molecule has 2 rings (SSSR count). The van der Waals surface area contributed by atoms with E-state index < -0.39 is 0 Å². The fourth-order valence-electron chi connectivity index (χ4n) is 1.52. The molecule has 2 heterocycles. The Labute approximate surface area is 77.8 Å². The van der Waals surface area contributed by atoms with E-state index in [1.165, 1.54) is 12.8 Å². The number of hydrogen-bond acceptors (Lipinski definition) is 3. The van der Waals surface area contributed by atoms with Crippen LogP contribution in [0.2, 0.25) is 0 Å². The highest BCUT2D eigenvalue weighted by Crippen LogP contribution is 2.16. The second-order valence-electron chi connectivity index (χ2n) is 3.10. The van der Waals surface area contributed by atoms with Gasteiger partial charge >= 0.3 is 0 Å². The van der Waals surface area contributed by atoms with Crippen molar-refractivity contribution in [1.29, 1.82) is 0 Å². The molecular weight excluding hydrogens is 162 g/mol. The molecule has 0 saturated carbocycles. The van der Waals surface area contributed by atoms with E-state index in [0.29, 0.717) is 5.69 Å². The minimum absolute atomic E-state index is 0.615. The third-order valence-corrected chi connectivity index (χ3v) is 2.20. The molecule has 3 nitrogen and oxygen atoms in total. The molecule has 0 amide bonds. The van der Waals surface area contributed by atoms with E-state index in [9.17, 15) is 0 Å². The molecule has 0 bridgehead atoms. The molecule has 0 spiro atoms. The molecule has 13 heavy (non-hydrogen) atoms. The SMILES string of the molecule is C#Cc1cncc(N2CCCC2)n1. The maximum atomic E-state index is 5.25. The van der Waals surface area contributed by atoms with E-state index in [1.807, 2.05) is 0 Å². The Morgan fingerprint density at radius 3 is 2.77 bits per heavy atom. The van der Waals surface area contributed by atoms with Crippen LogP contribution in [0.4, 0.5) is 5.82 Å². The molecule has 0 atom stereocenters. The third-order valence-electron chi connectivity index (χ3n) is 2.20. The predicted molar refractivity (Wildman–Crippen MR) is 51.4 cm³/mol. The molecule has 1 aromatic rings. The summed E-state index contributed by atoms with van der Waals surface area (Å²) in [4.78, 5) is 10.6. The van der Waals surface area contributed by atoms with Crippen molar-refractivity contribution in [2.75, 3.05) is 18.0 Å². The monoisotopic (exact) mass is 173 g/mol.